The van der Waals surface area contributed by atoms with Crippen molar-refractivity contribution in [2.75, 3.05) is 6.54 Å². The van der Waals surface area contributed by atoms with Crippen LogP contribution in [0, 0.1) is 0 Å². The van der Waals surface area contributed by atoms with Crippen molar-refractivity contribution in [3.05, 3.63) is 12.2 Å². The van der Waals surface area contributed by atoms with E-state index in [-0.39, 0.29) is 0 Å². The molecule has 0 bridgehead atoms. The van der Waals surface area contributed by atoms with Crippen molar-refractivity contribution in [2.45, 2.75) is 32.6 Å². The number of unbranched alkanes of at least 4 members (excludes halogenated alkanes) is 2. The highest BCUT2D eigenvalue weighted by atomic mass is 16.1. The molecular weight excluding hydrogens is 138 g/mol. The highest BCUT2D eigenvalue weighted by Crippen LogP contribution is 1.95. The van der Waals surface area contributed by atoms with Gasteiger partial charge in [-0.3, -0.25) is 0 Å². The smallest absolute Gasteiger partial charge is 0.211 e. The number of hydrogen-bond donors (Lipinski definition) is 0. The van der Waals surface area contributed by atoms with Crippen LogP contribution in [0.5, 0.6) is 0 Å². The molecule has 0 aliphatic heterocycles. The Labute approximate surface area is 68.0 Å². The third-order valence-corrected chi connectivity index (χ3v) is 1.36. The van der Waals surface area contributed by atoms with Crippen LogP contribution in [0.25, 0.3) is 0 Å². The molecule has 0 fully saturated rings. The topological polar surface area (TPSA) is 29.4 Å². The molecular formula is C9H15NO. The summed E-state index contributed by atoms with van der Waals surface area (Å²) >= 11 is 0. The molecule has 0 rings (SSSR count). The van der Waals surface area contributed by atoms with E-state index in [1.807, 2.05) is 0 Å². The SMILES string of the molecule is CCCCC=CCCN=C=O. The lowest BCUT2D eigenvalue weighted by molar-refractivity contribution is 0.563. The van der Waals surface area contributed by atoms with Crippen LogP contribution < -0.4 is 0 Å². The molecule has 0 N–H and O–H groups in total. The molecule has 0 radical (unpaired) electrons. The second kappa shape index (κ2) is 9.12. The van der Waals surface area contributed by atoms with Crippen LogP contribution in [-0.4, -0.2) is 12.6 Å². The molecule has 0 aromatic rings. The van der Waals surface area contributed by atoms with E-state index in [0.717, 1.165) is 12.8 Å². The molecule has 11 heavy (non-hydrogen) atoms. The van der Waals surface area contributed by atoms with Gasteiger partial charge in [-0.15, -0.1) is 0 Å². The number of nitrogens with zero attached hydrogens (tertiary/aromatic N) is 1. The van der Waals surface area contributed by atoms with E-state index in [4.69, 9.17) is 0 Å². The highest BCUT2D eigenvalue weighted by molar-refractivity contribution is 5.32. The molecule has 0 saturated carbocycles. The number of isocyanates is 1. The monoisotopic (exact) mass is 153 g/mol. The molecule has 0 saturated heterocycles. The van der Waals surface area contributed by atoms with Gasteiger partial charge in [0.15, 0.2) is 0 Å². The molecule has 0 atom stereocenters. The van der Waals surface area contributed by atoms with E-state index < -0.39 is 0 Å². The fraction of sp³-hybridized carbons (Fsp3) is 0.667. The van der Waals surface area contributed by atoms with Crippen molar-refractivity contribution in [1.29, 1.82) is 0 Å². The van der Waals surface area contributed by atoms with Crippen LogP contribution >= 0.6 is 0 Å². The van der Waals surface area contributed by atoms with Gasteiger partial charge in [-0.1, -0.05) is 31.9 Å². The zero-order valence-electron chi connectivity index (χ0n) is 7.05. The minimum Gasteiger partial charge on any atom is -0.211 e. The Bertz CT molecular complexity index is 146. The Morgan fingerprint density at radius 1 is 1.36 bits per heavy atom. The predicted molar refractivity (Wildman–Crippen MR) is 46.3 cm³/mol. The molecule has 0 aliphatic rings. The molecule has 0 aliphatic carbocycles. The predicted octanol–water partition coefficient (Wildman–Crippen LogP) is 2.46. The van der Waals surface area contributed by atoms with Gasteiger partial charge >= 0.3 is 0 Å². The minimum atomic E-state index is 0.576. The van der Waals surface area contributed by atoms with Crippen LogP contribution in [0.1, 0.15) is 32.6 Å². The number of carbonyl (C=O) groups excluding carboxylic acids is 1. The van der Waals surface area contributed by atoms with Crippen molar-refractivity contribution in [2.24, 2.45) is 4.99 Å². The largest absolute Gasteiger partial charge is 0.234 e. The van der Waals surface area contributed by atoms with Crippen LogP contribution in [0.3, 0.4) is 0 Å². The standard InChI is InChI=1S/C9H15NO/c1-2-3-4-5-6-7-8-10-9-11/h5-6H,2-4,7-8H2,1H3. The van der Waals surface area contributed by atoms with Gasteiger partial charge in [0.25, 0.3) is 0 Å². The summed E-state index contributed by atoms with van der Waals surface area (Å²) in [7, 11) is 0. The molecule has 0 unspecified atom stereocenters. The van der Waals surface area contributed by atoms with Crippen LogP contribution in [0.2, 0.25) is 0 Å². The third kappa shape index (κ3) is 9.12. The summed E-state index contributed by atoms with van der Waals surface area (Å²) in [5, 5.41) is 0. The van der Waals surface area contributed by atoms with Crippen molar-refractivity contribution < 1.29 is 4.79 Å². The lowest BCUT2D eigenvalue weighted by Gasteiger charge is -1.87. The van der Waals surface area contributed by atoms with Gasteiger partial charge in [-0.2, -0.15) is 0 Å². The van der Waals surface area contributed by atoms with Crippen molar-refractivity contribution in [1.82, 2.24) is 0 Å². The third-order valence-electron chi connectivity index (χ3n) is 1.36. The maximum atomic E-state index is 9.62. The van der Waals surface area contributed by atoms with E-state index in [2.05, 4.69) is 24.1 Å². The first-order valence-electron chi connectivity index (χ1n) is 4.10. The number of aliphatic imine (C=N–C) groups is 1. The summed E-state index contributed by atoms with van der Waals surface area (Å²) in [6.07, 6.45) is 10.2. The lowest BCUT2D eigenvalue weighted by atomic mass is 10.2. The van der Waals surface area contributed by atoms with Gasteiger partial charge < -0.3 is 0 Å². The zero-order valence-corrected chi connectivity index (χ0v) is 7.05. The Balaban J connectivity index is 3.09. The Morgan fingerprint density at radius 3 is 2.73 bits per heavy atom. The van der Waals surface area contributed by atoms with Gasteiger partial charge in [0.1, 0.15) is 0 Å². The van der Waals surface area contributed by atoms with Gasteiger partial charge in [-0.05, 0) is 12.8 Å². The molecule has 2 nitrogen and oxygen atoms in total. The van der Waals surface area contributed by atoms with Gasteiger partial charge in [0, 0.05) is 0 Å². The number of hydrogen-bond acceptors (Lipinski definition) is 2. The normalized spacial score (nSPS) is 9.91. The summed E-state index contributed by atoms with van der Waals surface area (Å²) in [6.45, 7) is 2.75. The molecule has 0 heterocycles. The minimum absolute atomic E-state index is 0.576. The average molecular weight is 153 g/mol. The first-order chi connectivity index (χ1) is 5.41. The number of allylic oxidation sites excluding steroid dienone is 1. The zero-order chi connectivity index (χ0) is 8.36. The quantitative estimate of drug-likeness (QED) is 0.249. The van der Waals surface area contributed by atoms with Crippen LogP contribution in [0.15, 0.2) is 17.1 Å². The maximum absolute atomic E-state index is 9.62. The van der Waals surface area contributed by atoms with Crippen LogP contribution in [-0.2, 0) is 4.79 Å². The summed E-state index contributed by atoms with van der Waals surface area (Å²) in [5.74, 6) is 0. The van der Waals surface area contributed by atoms with E-state index in [1.54, 1.807) is 0 Å². The first-order valence-corrected chi connectivity index (χ1v) is 4.10. The van der Waals surface area contributed by atoms with Crippen molar-refractivity contribution in [3.8, 4) is 0 Å². The van der Waals surface area contributed by atoms with Gasteiger partial charge in [0.2, 0.25) is 6.08 Å². The Hall–Kier alpha value is -0.880. The first kappa shape index (κ1) is 10.1. The summed E-state index contributed by atoms with van der Waals surface area (Å²) in [4.78, 5) is 13.1. The van der Waals surface area contributed by atoms with Crippen LogP contribution in [0.4, 0.5) is 0 Å². The van der Waals surface area contributed by atoms with Crippen molar-refractivity contribution >= 4 is 6.08 Å². The second-order valence-corrected chi connectivity index (χ2v) is 2.38. The Morgan fingerprint density at radius 2 is 2.09 bits per heavy atom. The van der Waals surface area contributed by atoms with E-state index >= 15 is 0 Å². The fourth-order valence-electron chi connectivity index (χ4n) is 0.742. The second-order valence-electron chi connectivity index (χ2n) is 2.38. The Kier molecular flexibility index (Phi) is 8.39. The molecule has 0 amide bonds. The average Bonchev–Trinajstić information content (AvgIpc) is 2.03. The summed E-state index contributed by atoms with van der Waals surface area (Å²) in [6, 6.07) is 0. The molecule has 0 aromatic heterocycles. The van der Waals surface area contributed by atoms with E-state index in [0.29, 0.717) is 6.54 Å². The summed E-state index contributed by atoms with van der Waals surface area (Å²) in [5.41, 5.74) is 0. The van der Waals surface area contributed by atoms with E-state index in [1.165, 1.54) is 18.9 Å². The highest BCUT2D eigenvalue weighted by Gasteiger charge is 1.78. The van der Waals surface area contributed by atoms with Gasteiger partial charge in [0.05, 0.1) is 6.54 Å². The van der Waals surface area contributed by atoms with Crippen molar-refractivity contribution in [3.63, 3.8) is 0 Å². The van der Waals surface area contributed by atoms with Gasteiger partial charge in [-0.25, -0.2) is 9.79 Å². The lowest BCUT2D eigenvalue weighted by Crippen LogP contribution is -1.74. The molecule has 0 spiro atoms. The molecule has 0 aromatic carbocycles. The maximum Gasteiger partial charge on any atom is 0.234 e. The summed E-state index contributed by atoms with van der Waals surface area (Å²) < 4.78 is 0. The van der Waals surface area contributed by atoms with E-state index in [9.17, 15) is 4.79 Å². The fourth-order valence-corrected chi connectivity index (χ4v) is 0.742. The molecule has 62 valence electrons. The molecule has 2 heteroatoms. The number of rotatable bonds is 6.